The van der Waals surface area contributed by atoms with Gasteiger partial charge in [0.05, 0.1) is 5.03 Å². The first-order valence-electron chi connectivity index (χ1n) is 2.27. The summed E-state index contributed by atoms with van der Waals surface area (Å²) in [5, 5.41) is 1.03. The van der Waals surface area contributed by atoms with E-state index in [4.69, 9.17) is 0 Å². The number of nitrogens with one attached hydrogen (secondary N) is 1. The fourth-order valence-electron chi connectivity index (χ4n) is 0.586. The van der Waals surface area contributed by atoms with Crippen LogP contribution in [0.1, 0.15) is 0 Å². The number of rotatable bonds is 0. The van der Waals surface area contributed by atoms with Gasteiger partial charge in [0.1, 0.15) is 0 Å². The molecule has 8 heavy (non-hydrogen) atoms. The monoisotopic (exact) mass is 125 g/mol. The van der Waals surface area contributed by atoms with Gasteiger partial charge in [-0.1, -0.05) is 11.8 Å². The van der Waals surface area contributed by atoms with Crippen LogP contribution in [-0.4, -0.2) is 4.98 Å². The lowest BCUT2D eigenvalue weighted by Gasteiger charge is -1.70. The molecule has 0 unspecified atom stereocenters. The molecule has 0 aliphatic carbocycles. The molecule has 1 aliphatic heterocycles. The molecule has 0 fully saturated rings. The average Bonchev–Trinajstić information content (AvgIpc) is 2.43. The minimum atomic E-state index is -0.00579. The first kappa shape index (κ1) is 4.21. The van der Waals surface area contributed by atoms with Crippen LogP contribution in [0.4, 0.5) is 0 Å². The quantitative estimate of drug-likeness (QED) is 0.529. The maximum Gasteiger partial charge on any atom is 0.248 e. The lowest BCUT2D eigenvalue weighted by molar-refractivity contribution is 1.06. The Balaban J connectivity index is 2.81. The van der Waals surface area contributed by atoms with Gasteiger partial charge in [0.2, 0.25) is 5.56 Å². The highest BCUT2D eigenvalue weighted by Gasteiger charge is 2.17. The van der Waals surface area contributed by atoms with E-state index in [0.717, 1.165) is 5.03 Å². The summed E-state index contributed by atoms with van der Waals surface area (Å²) in [6, 6.07) is 3.37. The Morgan fingerprint density at radius 2 is 2.38 bits per heavy atom. The summed E-state index contributed by atoms with van der Waals surface area (Å²) < 4.78 is 0. The topological polar surface area (TPSA) is 32.9 Å². The zero-order chi connectivity index (χ0) is 5.56. The summed E-state index contributed by atoms with van der Waals surface area (Å²) in [5.41, 5.74) is -0.00579. The number of H-pyrrole nitrogens is 1. The standard InChI is InChI=1S/C5H3NOS/c7-4-2-1-3-5(6-4)8-3/h1-2H,(H,6,7). The van der Waals surface area contributed by atoms with Crippen LogP contribution in [0.2, 0.25) is 0 Å². The van der Waals surface area contributed by atoms with Gasteiger partial charge in [0.25, 0.3) is 0 Å². The Morgan fingerprint density at radius 1 is 1.50 bits per heavy atom. The Morgan fingerprint density at radius 3 is 3.00 bits per heavy atom. The van der Waals surface area contributed by atoms with Gasteiger partial charge in [0.15, 0.2) is 0 Å². The van der Waals surface area contributed by atoms with Crippen molar-refractivity contribution in [3.8, 4) is 0 Å². The minimum absolute atomic E-state index is 0.00579. The van der Waals surface area contributed by atoms with Crippen molar-refractivity contribution in [1.82, 2.24) is 4.98 Å². The van der Waals surface area contributed by atoms with Crippen LogP contribution in [0, 0.1) is 0 Å². The third kappa shape index (κ3) is 0.479. The van der Waals surface area contributed by atoms with Crippen molar-refractivity contribution in [3.05, 3.63) is 22.5 Å². The molecule has 0 amide bonds. The van der Waals surface area contributed by atoms with Gasteiger partial charge < -0.3 is 4.98 Å². The van der Waals surface area contributed by atoms with E-state index in [1.807, 2.05) is 6.07 Å². The molecule has 0 aromatic carbocycles. The SMILES string of the molecule is O=c1ccc2c([nH]1)S2. The minimum Gasteiger partial charge on any atom is -0.316 e. The molecule has 0 spiro atoms. The van der Waals surface area contributed by atoms with Crippen molar-refractivity contribution in [1.29, 1.82) is 0 Å². The second-order valence-corrected chi connectivity index (χ2v) is 2.67. The molecule has 40 valence electrons. The summed E-state index contributed by atoms with van der Waals surface area (Å²) in [7, 11) is 0. The van der Waals surface area contributed by atoms with Gasteiger partial charge in [-0.3, -0.25) is 4.79 Å². The van der Waals surface area contributed by atoms with E-state index in [0.29, 0.717) is 0 Å². The predicted octanol–water partition coefficient (Wildman–Crippen LogP) is 0.839. The van der Waals surface area contributed by atoms with Crippen LogP contribution >= 0.6 is 11.8 Å². The second-order valence-electron chi connectivity index (χ2n) is 1.62. The number of hydrogen-bond donors (Lipinski definition) is 1. The molecule has 1 aromatic rings. The number of aromatic amines is 1. The van der Waals surface area contributed by atoms with Crippen molar-refractivity contribution in [2.45, 2.75) is 9.92 Å². The highest BCUT2D eigenvalue weighted by atomic mass is 32.2. The molecular weight excluding hydrogens is 122 g/mol. The molecular formula is C5H3NOS. The van der Waals surface area contributed by atoms with E-state index in [9.17, 15) is 4.79 Å². The van der Waals surface area contributed by atoms with E-state index >= 15 is 0 Å². The van der Waals surface area contributed by atoms with E-state index in [2.05, 4.69) is 4.98 Å². The molecule has 2 rings (SSSR count). The highest BCUT2D eigenvalue weighted by Crippen LogP contribution is 2.44. The van der Waals surface area contributed by atoms with Crippen LogP contribution in [0.25, 0.3) is 0 Å². The zero-order valence-electron chi connectivity index (χ0n) is 3.97. The number of hydrogen-bond acceptors (Lipinski definition) is 2. The van der Waals surface area contributed by atoms with Crippen molar-refractivity contribution >= 4 is 11.8 Å². The smallest absolute Gasteiger partial charge is 0.248 e. The molecule has 3 heteroatoms. The lowest BCUT2D eigenvalue weighted by Crippen LogP contribution is -1.98. The van der Waals surface area contributed by atoms with Gasteiger partial charge in [-0.15, -0.1) is 0 Å². The molecule has 0 saturated carbocycles. The van der Waals surface area contributed by atoms with Crippen molar-refractivity contribution in [2.24, 2.45) is 0 Å². The zero-order valence-corrected chi connectivity index (χ0v) is 4.79. The van der Waals surface area contributed by atoms with E-state index < -0.39 is 0 Å². The largest absolute Gasteiger partial charge is 0.316 e. The maximum atomic E-state index is 10.5. The van der Waals surface area contributed by atoms with Gasteiger partial charge in [-0.2, -0.15) is 0 Å². The van der Waals surface area contributed by atoms with Gasteiger partial charge in [0, 0.05) is 11.0 Å². The first-order valence-corrected chi connectivity index (χ1v) is 3.09. The predicted molar refractivity (Wildman–Crippen MR) is 31.2 cm³/mol. The van der Waals surface area contributed by atoms with Crippen molar-refractivity contribution < 1.29 is 0 Å². The van der Waals surface area contributed by atoms with Crippen LogP contribution in [-0.2, 0) is 0 Å². The first-order chi connectivity index (χ1) is 3.86. The Labute approximate surface area is 49.9 Å². The third-order valence-corrected chi connectivity index (χ3v) is 1.90. The van der Waals surface area contributed by atoms with E-state index in [1.165, 1.54) is 4.90 Å². The molecule has 1 aliphatic rings. The molecule has 0 saturated heterocycles. The molecule has 1 aromatic heterocycles. The number of fused-ring (bicyclic) bond motifs is 1. The summed E-state index contributed by atoms with van der Waals surface area (Å²) in [4.78, 5) is 14.3. The summed E-state index contributed by atoms with van der Waals surface area (Å²) in [6.07, 6.45) is 0. The Hall–Kier alpha value is -0.700. The summed E-state index contributed by atoms with van der Waals surface area (Å²) >= 11 is 1.62. The summed E-state index contributed by atoms with van der Waals surface area (Å²) in [5.74, 6) is 0. The molecule has 0 bridgehead atoms. The van der Waals surface area contributed by atoms with E-state index in [1.54, 1.807) is 17.8 Å². The summed E-state index contributed by atoms with van der Waals surface area (Å²) in [6.45, 7) is 0. The molecule has 0 atom stereocenters. The van der Waals surface area contributed by atoms with Gasteiger partial charge in [-0.05, 0) is 6.07 Å². The fourth-order valence-corrected chi connectivity index (χ4v) is 1.16. The van der Waals surface area contributed by atoms with E-state index in [-0.39, 0.29) is 5.56 Å². The Bertz CT molecular complexity index is 278. The van der Waals surface area contributed by atoms with Crippen LogP contribution < -0.4 is 5.56 Å². The van der Waals surface area contributed by atoms with Crippen LogP contribution in [0.5, 0.6) is 0 Å². The molecule has 2 nitrogen and oxygen atoms in total. The lowest BCUT2D eigenvalue weighted by atomic mass is 10.5. The van der Waals surface area contributed by atoms with Crippen molar-refractivity contribution in [3.63, 3.8) is 0 Å². The third-order valence-electron chi connectivity index (χ3n) is 1.02. The molecule has 1 N–H and O–H groups in total. The number of aromatic nitrogens is 1. The molecule has 2 heterocycles. The maximum absolute atomic E-state index is 10.5. The average molecular weight is 125 g/mol. The van der Waals surface area contributed by atoms with Gasteiger partial charge >= 0.3 is 0 Å². The fraction of sp³-hybridized carbons (Fsp3) is 0. The van der Waals surface area contributed by atoms with Crippen LogP contribution in [0.3, 0.4) is 0 Å². The Kier molecular flexibility index (Phi) is 0.615. The van der Waals surface area contributed by atoms with Crippen LogP contribution in [0.15, 0.2) is 26.8 Å². The molecule has 0 radical (unpaired) electrons. The normalized spacial score (nSPS) is 13.0. The van der Waals surface area contributed by atoms with Gasteiger partial charge in [-0.25, -0.2) is 0 Å². The highest BCUT2D eigenvalue weighted by molar-refractivity contribution is 8.04. The second kappa shape index (κ2) is 1.17. The number of pyridine rings is 1. The van der Waals surface area contributed by atoms with Crippen molar-refractivity contribution in [2.75, 3.05) is 0 Å².